The summed E-state index contributed by atoms with van der Waals surface area (Å²) in [5, 5.41) is 1.05. The van der Waals surface area contributed by atoms with E-state index in [0.717, 1.165) is 30.6 Å². The van der Waals surface area contributed by atoms with Crippen molar-refractivity contribution < 1.29 is 4.79 Å². The van der Waals surface area contributed by atoms with E-state index in [1.54, 1.807) is 6.07 Å². The highest BCUT2D eigenvalue weighted by Crippen LogP contribution is 2.33. The number of benzene rings is 2. The summed E-state index contributed by atoms with van der Waals surface area (Å²) in [6.45, 7) is 2.16. The first-order valence-electron chi connectivity index (χ1n) is 7.64. The van der Waals surface area contributed by atoms with Gasteiger partial charge in [0.25, 0.3) is 5.91 Å². The van der Waals surface area contributed by atoms with Crippen LogP contribution in [0, 0.1) is 5.92 Å². The summed E-state index contributed by atoms with van der Waals surface area (Å²) >= 11 is 12.3. The number of nitrogens with two attached hydrogens (primary N) is 1. The molecule has 1 saturated heterocycles. The number of halogens is 2. The van der Waals surface area contributed by atoms with Crippen molar-refractivity contribution in [2.75, 3.05) is 19.6 Å². The molecule has 1 heterocycles. The molecule has 2 aromatic rings. The fourth-order valence-electron chi connectivity index (χ4n) is 2.91. The molecule has 0 spiro atoms. The Hall–Kier alpha value is -1.55. The second kappa shape index (κ2) is 6.91. The normalized spacial score (nSPS) is 17.5. The Labute approximate surface area is 146 Å². The number of hydrogen-bond acceptors (Lipinski definition) is 2. The summed E-state index contributed by atoms with van der Waals surface area (Å²) in [7, 11) is 0. The Morgan fingerprint density at radius 3 is 2.57 bits per heavy atom. The fraction of sp³-hybridized carbons (Fsp3) is 0.278. The van der Waals surface area contributed by atoms with Crippen LogP contribution in [0.3, 0.4) is 0 Å². The predicted octanol–water partition coefficient (Wildman–Crippen LogP) is 4.08. The van der Waals surface area contributed by atoms with Crippen molar-refractivity contribution >= 4 is 29.1 Å². The van der Waals surface area contributed by atoms with Gasteiger partial charge in [0.15, 0.2) is 0 Å². The molecule has 1 atom stereocenters. The van der Waals surface area contributed by atoms with Crippen molar-refractivity contribution in [3.8, 4) is 11.1 Å². The molecule has 0 aliphatic carbocycles. The lowest BCUT2D eigenvalue weighted by Crippen LogP contribution is -2.29. The first-order chi connectivity index (χ1) is 11.1. The van der Waals surface area contributed by atoms with Gasteiger partial charge in [-0.3, -0.25) is 4.79 Å². The highest BCUT2D eigenvalue weighted by molar-refractivity contribution is 6.43. The van der Waals surface area contributed by atoms with Gasteiger partial charge in [0.2, 0.25) is 0 Å². The van der Waals surface area contributed by atoms with Crippen LogP contribution in [0.2, 0.25) is 10.0 Å². The van der Waals surface area contributed by atoms with Gasteiger partial charge in [0.05, 0.1) is 10.0 Å². The van der Waals surface area contributed by atoms with Gasteiger partial charge in [-0.1, -0.05) is 47.5 Å². The minimum atomic E-state index is 0.0599. The van der Waals surface area contributed by atoms with E-state index in [4.69, 9.17) is 28.9 Å². The minimum absolute atomic E-state index is 0.0599. The van der Waals surface area contributed by atoms with Gasteiger partial charge in [0.1, 0.15) is 0 Å². The Morgan fingerprint density at radius 1 is 1.17 bits per heavy atom. The largest absolute Gasteiger partial charge is 0.338 e. The smallest absolute Gasteiger partial charge is 0.253 e. The molecule has 0 saturated carbocycles. The third-order valence-electron chi connectivity index (χ3n) is 4.30. The van der Waals surface area contributed by atoms with Crippen LogP contribution >= 0.6 is 23.2 Å². The zero-order chi connectivity index (χ0) is 16.4. The molecule has 23 heavy (non-hydrogen) atoms. The van der Waals surface area contributed by atoms with E-state index in [9.17, 15) is 4.79 Å². The molecular weight excluding hydrogens is 331 g/mol. The molecular formula is C18H18Cl2N2O. The Balaban J connectivity index is 1.80. The lowest BCUT2D eigenvalue weighted by atomic mass is 10.0. The van der Waals surface area contributed by atoms with Gasteiger partial charge in [-0.05, 0) is 42.6 Å². The summed E-state index contributed by atoms with van der Waals surface area (Å²) in [5.74, 6) is 0.480. The number of carbonyl (C=O) groups excluding carboxylic acids is 1. The Morgan fingerprint density at radius 2 is 1.91 bits per heavy atom. The minimum Gasteiger partial charge on any atom is -0.338 e. The number of amides is 1. The third kappa shape index (κ3) is 3.37. The summed E-state index contributed by atoms with van der Waals surface area (Å²) in [6.07, 6.45) is 0.985. The van der Waals surface area contributed by atoms with Crippen LogP contribution in [-0.4, -0.2) is 30.4 Å². The van der Waals surface area contributed by atoms with E-state index in [-0.39, 0.29) is 5.91 Å². The van der Waals surface area contributed by atoms with Gasteiger partial charge in [-0.15, -0.1) is 0 Å². The number of hydrogen-bond donors (Lipinski definition) is 1. The first-order valence-corrected chi connectivity index (χ1v) is 8.39. The average Bonchev–Trinajstić information content (AvgIpc) is 3.06. The van der Waals surface area contributed by atoms with Gasteiger partial charge >= 0.3 is 0 Å². The van der Waals surface area contributed by atoms with Crippen molar-refractivity contribution in [1.29, 1.82) is 0 Å². The molecule has 1 fully saturated rings. The maximum atomic E-state index is 12.5. The van der Waals surface area contributed by atoms with Crippen LogP contribution in [0.25, 0.3) is 11.1 Å². The maximum Gasteiger partial charge on any atom is 0.253 e. The molecule has 0 radical (unpaired) electrons. The molecule has 2 aromatic carbocycles. The average molecular weight is 349 g/mol. The van der Waals surface area contributed by atoms with Crippen LogP contribution in [0.1, 0.15) is 16.8 Å². The van der Waals surface area contributed by atoms with Gasteiger partial charge in [-0.25, -0.2) is 0 Å². The van der Waals surface area contributed by atoms with Gasteiger partial charge in [0, 0.05) is 24.2 Å². The van der Waals surface area contributed by atoms with Gasteiger partial charge in [-0.2, -0.15) is 0 Å². The molecule has 1 aliphatic rings. The predicted molar refractivity (Wildman–Crippen MR) is 95.0 cm³/mol. The lowest BCUT2D eigenvalue weighted by molar-refractivity contribution is 0.0787. The van der Waals surface area contributed by atoms with E-state index in [2.05, 4.69) is 0 Å². The van der Waals surface area contributed by atoms with Crippen molar-refractivity contribution in [3.63, 3.8) is 0 Å². The molecule has 5 heteroatoms. The Bertz CT molecular complexity index is 715. The van der Waals surface area contributed by atoms with E-state index in [1.807, 2.05) is 41.3 Å². The van der Waals surface area contributed by atoms with Crippen LogP contribution in [0.15, 0.2) is 42.5 Å². The molecule has 0 bridgehead atoms. The zero-order valence-corrected chi connectivity index (χ0v) is 14.1. The SMILES string of the molecule is NCC1CCN(C(=O)c2ccc(-c3cccc(Cl)c3Cl)cc2)C1. The summed E-state index contributed by atoms with van der Waals surface area (Å²) in [5.41, 5.74) is 8.17. The van der Waals surface area contributed by atoms with E-state index in [1.165, 1.54) is 0 Å². The van der Waals surface area contributed by atoms with Crippen LogP contribution in [-0.2, 0) is 0 Å². The van der Waals surface area contributed by atoms with Crippen molar-refractivity contribution in [3.05, 3.63) is 58.1 Å². The molecule has 0 aromatic heterocycles. The van der Waals surface area contributed by atoms with Crippen LogP contribution in [0.4, 0.5) is 0 Å². The van der Waals surface area contributed by atoms with Crippen LogP contribution in [0.5, 0.6) is 0 Å². The van der Waals surface area contributed by atoms with Crippen molar-refractivity contribution in [1.82, 2.24) is 4.90 Å². The molecule has 3 nitrogen and oxygen atoms in total. The molecule has 120 valence electrons. The number of nitrogens with zero attached hydrogens (tertiary/aromatic N) is 1. The van der Waals surface area contributed by atoms with E-state index >= 15 is 0 Å². The molecule has 1 unspecified atom stereocenters. The van der Waals surface area contributed by atoms with E-state index in [0.29, 0.717) is 28.1 Å². The van der Waals surface area contributed by atoms with Gasteiger partial charge < -0.3 is 10.6 Å². The number of likely N-dealkylation sites (tertiary alicyclic amines) is 1. The molecule has 2 N–H and O–H groups in total. The second-order valence-electron chi connectivity index (χ2n) is 5.82. The molecule has 3 rings (SSSR count). The van der Waals surface area contributed by atoms with Crippen molar-refractivity contribution in [2.24, 2.45) is 11.7 Å². The highest BCUT2D eigenvalue weighted by Gasteiger charge is 2.25. The summed E-state index contributed by atoms with van der Waals surface area (Å²) < 4.78 is 0. The maximum absolute atomic E-state index is 12.5. The topological polar surface area (TPSA) is 46.3 Å². The van der Waals surface area contributed by atoms with Crippen LogP contribution < -0.4 is 5.73 Å². The summed E-state index contributed by atoms with van der Waals surface area (Å²) in [4.78, 5) is 14.4. The number of carbonyl (C=O) groups is 1. The fourth-order valence-corrected chi connectivity index (χ4v) is 3.32. The summed E-state index contributed by atoms with van der Waals surface area (Å²) in [6, 6.07) is 13.0. The highest BCUT2D eigenvalue weighted by atomic mass is 35.5. The monoisotopic (exact) mass is 348 g/mol. The quantitative estimate of drug-likeness (QED) is 0.908. The number of rotatable bonds is 3. The molecule has 1 aliphatic heterocycles. The van der Waals surface area contributed by atoms with Crippen molar-refractivity contribution in [2.45, 2.75) is 6.42 Å². The van der Waals surface area contributed by atoms with E-state index < -0.39 is 0 Å². The Kier molecular flexibility index (Phi) is 4.90. The molecule has 1 amide bonds. The standard InChI is InChI=1S/C18H18Cl2N2O/c19-16-3-1-2-15(17(16)20)13-4-6-14(7-5-13)18(23)22-9-8-12(10-21)11-22/h1-7,12H,8-11,21H2. The lowest BCUT2D eigenvalue weighted by Gasteiger charge is -2.16. The second-order valence-corrected chi connectivity index (χ2v) is 6.61. The first kappa shape index (κ1) is 16.3. The third-order valence-corrected chi connectivity index (χ3v) is 5.12. The zero-order valence-electron chi connectivity index (χ0n) is 12.6.